The number of nitrogens with zero attached hydrogens (tertiary/aromatic N) is 3. The summed E-state index contributed by atoms with van der Waals surface area (Å²) in [5, 5.41) is 2.66. The summed E-state index contributed by atoms with van der Waals surface area (Å²) in [4.78, 5) is 8.03. The van der Waals surface area contributed by atoms with Gasteiger partial charge in [0.05, 0.1) is 5.54 Å². The van der Waals surface area contributed by atoms with Crippen LogP contribution in [0.1, 0.15) is 130 Å². The van der Waals surface area contributed by atoms with E-state index < -0.39 is 0 Å². The average molecular weight is 908 g/mol. The van der Waals surface area contributed by atoms with Crippen LogP contribution in [-0.4, -0.2) is 12.3 Å². The maximum atomic E-state index is 2.78. The van der Waals surface area contributed by atoms with Crippen molar-refractivity contribution in [1.82, 2.24) is 0 Å². The zero-order chi connectivity index (χ0) is 47.4. The smallest absolute Gasteiger partial charge is 0.252 e. The summed E-state index contributed by atoms with van der Waals surface area (Å²) < 4.78 is 2.65. The molecule has 5 heteroatoms. The highest BCUT2D eigenvalue weighted by Gasteiger charge is 2.58. The standard InChI is InChI=1S/C63H66BN3S/c1-39-32-54-58-55(33-39)66(44-24-26-47-46-20-13-14-21-56(46)68-57(47)38-44)52-36-42(61(8,9)10)22-27-49(52)64(58)50-28-25-45(37-53(50)65(54)43-19-17-18-40(34-43)59(2,3)4)67-51-29-23-41(60(5,6)7)35-48(51)62(11)30-15-16-31-63(62,67)12/h13-14,17-29,32-38H,15-16,30-31H2,1-12H3. The van der Waals surface area contributed by atoms with Crippen molar-refractivity contribution in [3.63, 3.8) is 0 Å². The second-order valence-electron chi connectivity index (χ2n) is 24.3. The molecule has 1 saturated carbocycles. The highest BCUT2D eigenvalue weighted by atomic mass is 32.1. The van der Waals surface area contributed by atoms with E-state index in [2.05, 4.69) is 231 Å². The topological polar surface area (TPSA) is 9.72 Å². The van der Waals surface area contributed by atoms with E-state index in [1.807, 2.05) is 11.3 Å². The molecule has 2 atom stereocenters. The molecule has 12 rings (SSSR count). The minimum Gasteiger partial charge on any atom is -0.334 e. The lowest BCUT2D eigenvalue weighted by atomic mass is 9.33. The first kappa shape index (κ1) is 43.5. The Bertz CT molecular complexity index is 3390. The summed E-state index contributed by atoms with van der Waals surface area (Å²) in [5.74, 6) is 0. The van der Waals surface area contributed by atoms with Crippen LogP contribution in [0.25, 0.3) is 20.2 Å². The first-order valence-electron chi connectivity index (χ1n) is 25.2. The van der Waals surface area contributed by atoms with E-state index in [9.17, 15) is 0 Å². The lowest BCUT2D eigenvalue weighted by Crippen LogP contribution is -2.61. The number of fused-ring (bicyclic) bond motifs is 10. The summed E-state index contributed by atoms with van der Waals surface area (Å²) >= 11 is 1.90. The fourth-order valence-corrected chi connectivity index (χ4v) is 14.0. The molecule has 0 N–H and O–H groups in total. The normalized spacial score (nSPS) is 19.8. The van der Waals surface area contributed by atoms with E-state index in [1.54, 1.807) is 0 Å². The molecule has 3 nitrogen and oxygen atoms in total. The number of thiophene rings is 1. The molecule has 4 heterocycles. The molecular formula is C63H66BN3S. The van der Waals surface area contributed by atoms with Gasteiger partial charge in [0.25, 0.3) is 6.71 Å². The fraction of sp³-hybridized carbons (Fsp3) is 0.333. The Kier molecular flexibility index (Phi) is 9.36. The molecule has 1 aliphatic carbocycles. The van der Waals surface area contributed by atoms with Gasteiger partial charge in [-0.1, -0.05) is 149 Å². The van der Waals surface area contributed by atoms with Crippen LogP contribution in [0.5, 0.6) is 0 Å². The first-order chi connectivity index (χ1) is 32.2. The maximum Gasteiger partial charge on any atom is 0.252 e. The Morgan fingerprint density at radius 3 is 1.79 bits per heavy atom. The van der Waals surface area contributed by atoms with E-state index in [4.69, 9.17) is 0 Å². The highest BCUT2D eigenvalue weighted by Crippen LogP contribution is 2.62. The van der Waals surface area contributed by atoms with Crippen molar-refractivity contribution in [2.75, 3.05) is 14.7 Å². The van der Waals surface area contributed by atoms with Crippen LogP contribution in [0.2, 0.25) is 0 Å². The van der Waals surface area contributed by atoms with Crippen LogP contribution in [0, 0.1) is 6.92 Å². The second-order valence-corrected chi connectivity index (χ2v) is 25.4. The zero-order valence-corrected chi connectivity index (χ0v) is 43.2. The van der Waals surface area contributed by atoms with Crippen molar-refractivity contribution in [3.8, 4) is 0 Å². The lowest BCUT2D eigenvalue weighted by Gasteiger charge is -2.50. The van der Waals surface area contributed by atoms with Crippen LogP contribution in [0.4, 0.5) is 45.5 Å². The molecule has 0 radical (unpaired) electrons. The third kappa shape index (κ3) is 6.29. The molecule has 0 bridgehead atoms. The van der Waals surface area contributed by atoms with E-state index in [1.165, 1.54) is 129 Å². The van der Waals surface area contributed by atoms with Gasteiger partial charge in [0.15, 0.2) is 0 Å². The van der Waals surface area contributed by atoms with Crippen molar-refractivity contribution in [3.05, 3.63) is 161 Å². The summed E-state index contributed by atoms with van der Waals surface area (Å²) in [6.45, 7) is 28.6. The van der Waals surface area contributed by atoms with Gasteiger partial charge in [-0.25, -0.2) is 0 Å². The SMILES string of the molecule is Cc1cc2c3c(c1)N(c1ccc4c(c1)sc1ccccc14)c1cc(C(C)(C)C)ccc1B3c1ccc(N3c4ccc(C(C)(C)C)cc4C4(C)CCCCC34C)cc1N2c1cccc(C(C)(C)C)c1. The van der Waals surface area contributed by atoms with Crippen molar-refractivity contribution in [2.45, 2.75) is 136 Å². The number of rotatable bonds is 3. The number of aryl methyl sites for hydroxylation is 1. The average Bonchev–Trinajstić information content (AvgIpc) is 3.76. The van der Waals surface area contributed by atoms with Crippen molar-refractivity contribution < 1.29 is 0 Å². The van der Waals surface area contributed by atoms with E-state index >= 15 is 0 Å². The summed E-state index contributed by atoms with van der Waals surface area (Å²) in [6.07, 6.45) is 4.88. The molecule has 0 spiro atoms. The zero-order valence-electron chi connectivity index (χ0n) is 42.4. The molecule has 8 aromatic rings. The van der Waals surface area contributed by atoms with Crippen molar-refractivity contribution in [1.29, 1.82) is 0 Å². The highest BCUT2D eigenvalue weighted by molar-refractivity contribution is 7.25. The van der Waals surface area contributed by atoms with Crippen LogP contribution in [-0.2, 0) is 21.7 Å². The molecule has 1 fully saturated rings. The van der Waals surface area contributed by atoms with Crippen LogP contribution >= 0.6 is 11.3 Å². The second kappa shape index (κ2) is 14.6. The van der Waals surface area contributed by atoms with Gasteiger partial charge in [-0.2, -0.15) is 0 Å². The van der Waals surface area contributed by atoms with Gasteiger partial charge >= 0.3 is 0 Å². The van der Waals surface area contributed by atoms with Crippen molar-refractivity contribution >= 4 is 100 Å². The van der Waals surface area contributed by atoms with Crippen LogP contribution in [0.15, 0.2) is 133 Å². The van der Waals surface area contributed by atoms with Gasteiger partial charge < -0.3 is 14.7 Å². The number of hydrogen-bond acceptors (Lipinski definition) is 4. The summed E-state index contributed by atoms with van der Waals surface area (Å²) in [6, 6.07) is 52.8. The number of benzene rings is 7. The van der Waals surface area contributed by atoms with Gasteiger partial charge in [0.2, 0.25) is 0 Å². The summed E-state index contributed by atoms with van der Waals surface area (Å²) in [5.41, 5.74) is 21.1. The predicted molar refractivity (Wildman–Crippen MR) is 297 cm³/mol. The minimum absolute atomic E-state index is 0.0119. The number of hydrogen-bond donors (Lipinski definition) is 0. The number of anilines is 8. The molecular weight excluding hydrogens is 842 g/mol. The summed E-state index contributed by atoms with van der Waals surface area (Å²) in [7, 11) is 0. The van der Waals surface area contributed by atoms with Gasteiger partial charge in [-0.3, -0.25) is 0 Å². The van der Waals surface area contributed by atoms with Gasteiger partial charge in [0.1, 0.15) is 0 Å². The molecule has 0 saturated heterocycles. The fourth-order valence-electron chi connectivity index (χ4n) is 12.8. The Hall–Kier alpha value is -5.78. The molecule has 4 aliphatic rings. The molecule has 342 valence electrons. The minimum atomic E-state index is -0.0670. The predicted octanol–water partition coefficient (Wildman–Crippen LogP) is 16.1. The Morgan fingerprint density at radius 2 is 1.07 bits per heavy atom. The maximum absolute atomic E-state index is 2.78. The van der Waals surface area contributed by atoms with E-state index in [-0.39, 0.29) is 33.9 Å². The van der Waals surface area contributed by atoms with Gasteiger partial charge in [-0.15, -0.1) is 11.3 Å². The molecule has 3 aliphatic heterocycles. The molecule has 7 aromatic carbocycles. The third-order valence-corrected chi connectivity index (χ3v) is 18.0. The van der Waals surface area contributed by atoms with Crippen molar-refractivity contribution in [2.24, 2.45) is 0 Å². The van der Waals surface area contributed by atoms with Gasteiger partial charge in [-0.05, 0) is 154 Å². The van der Waals surface area contributed by atoms with Crippen LogP contribution < -0.4 is 31.1 Å². The Balaban J connectivity index is 1.13. The molecule has 68 heavy (non-hydrogen) atoms. The molecule has 1 aromatic heterocycles. The van der Waals surface area contributed by atoms with Crippen LogP contribution in [0.3, 0.4) is 0 Å². The quantitative estimate of drug-likeness (QED) is 0.164. The van der Waals surface area contributed by atoms with E-state index in [0.29, 0.717) is 0 Å². The monoisotopic (exact) mass is 908 g/mol. The van der Waals surface area contributed by atoms with Gasteiger partial charge in [0, 0.05) is 71.1 Å². The Morgan fingerprint density at radius 1 is 0.485 bits per heavy atom. The van der Waals surface area contributed by atoms with E-state index in [0.717, 1.165) is 6.42 Å². The molecule has 0 amide bonds. The Labute approximate surface area is 409 Å². The molecule has 2 unspecified atom stereocenters. The largest absolute Gasteiger partial charge is 0.334 e. The lowest BCUT2D eigenvalue weighted by molar-refractivity contribution is 0.195. The first-order valence-corrected chi connectivity index (χ1v) is 26.1. The third-order valence-electron chi connectivity index (χ3n) is 16.9.